The summed E-state index contributed by atoms with van der Waals surface area (Å²) in [6.07, 6.45) is 5.07. The Bertz CT molecular complexity index is 1680. The first-order valence-corrected chi connectivity index (χ1v) is 14.4. The van der Waals surface area contributed by atoms with Crippen LogP contribution in [0.15, 0.2) is 65.7 Å². The van der Waals surface area contributed by atoms with E-state index in [1.165, 1.54) is 18.3 Å². The van der Waals surface area contributed by atoms with Gasteiger partial charge in [0.15, 0.2) is 11.6 Å². The molecule has 208 valence electrons. The van der Waals surface area contributed by atoms with Crippen molar-refractivity contribution in [3.8, 4) is 0 Å². The summed E-state index contributed by atoms with van der Waals surface area (Å²) < 4.78 is 43.4. The third kappa shape index (κ3) is 5.82. The van der Waals surface area contributed by atoms with Crippen LogP contribution in [0.3, 0.4) is 0 Å². The number of anilines is 4. The first kappa shape index (κ1) is 27.3. The molecule has 4 aromatic rings. The van der Waals surface area contributed by atoms with Gasteiger partial charge >= 0.3 is 0 Å². The molecule has 1 fully saturated rings. The van der Waals surface area contributed by atoms with Gasteiger partial charge in [0, 0.05) is 17.5 Å². The molecule has 2 heterocycles. The number of amides is 1. The van der Waals surface area contributed by atoms with Crippen molar-refractivity contribution in [2.75, 3.05) is 15.4 Å². The second-order valence-corrected chi connectivity index (χ2v) is 11.6. The molecule has 1 aliphatic rings. The number of pyridine rings is 2. The second kappa shape index (κ2) is 11.1. The number of benzene rings is 2. The SMILES string of the molecule is Cc1ccc(S(=O)(=O)Nc2cccc3cc(Nc4nc(NC5CCCC[C@@H]5N)c(F)cc4C(N)=O)cnc23)cc1. The van der Waals surface area contributed by atoms with Crippen molar-refractivity contribution in [1.82, 2.24) is 9.97 Å². The zero-order valence-electron chi connectivity index (χ0n) is 21.8. The van der Waals surface area contributed by atoms with Gasteiger partial charge in [-0.15, -0.1) is 0 Å². The molecular formula is C28H30FN7O3S. The van der Waals surface area contributed by atoms with E-state index in [-0.39, 0.29) is 34.2 Å². The highest BCUT2D eigenvalue weighted by Crippen LogP contribution is 2.30. The smallest absolute Gasteiger partial charge is 0.261 e. The Morgan fingerprint density at radius 1 is 1.05 bits per heavy atom. The number of rotatable bonds is 8. The minimum atomic E-state index is -3.84. The molecule has 0 bridgehead atoms. The molecule has 2 atom stereocenters. The quantitative estimate of drug-likeness (QED) is 0.210. The van der Waals surface area contributed by atoms with Crippen LogP contribution >= 0.6 is 0 Å². The molecule has 1 amide bonds. The number of fused-ring (bicyclic) bond motifs is 1. The zero-order valence-corrected chi connectivity index (χ0v) is 22.6. The zero-order chi connectivity index (χ0) is 28.4. The van der Waals surface area contributed by atoms with Gasteiger partial charge in [-0.2, -0.15) is 0 Å². The number of nitrogens with one attached hydrogen (secondary N) is 3. The number of nitrogens with zero attached hydrogens (tertiary/aromatic N) is 2. The number of halogens is 1. The normalized spacial score (nSPS) is 17.4. The molecule has 7 N–H and O–H groups in total. The Balaban J connectivity index is 1.44. The maximum atomic E-state index is 14.9. The standard InChI is InChI=1S/C28H30FN7O3S/c1-16-9-11-19(12-10-16)40(38,39)36-24-8-4-5-17-13-18(15-32-25(17)24)33-27-20(26(31)37)14-21(29)28(35-27)34-23-7-3-2-6-22(23)30/h4-5,8-15,22-23,36H,2-3,6-7,30H2,1H3,(H2,31,37)(H2,33,34,35)/t22-,23?/m0/s1. The van der Waals surface area contributed by atoms with Crippen molar-refractivity contribution in [3.63, 3.8) is 0 Å². The lowest BCUT2D eigenvalue weighted by atomic mass is 9.91. The lowest BCUT2D eigenvalue weighted by molar-refractivity contribution is 0.100. The highest BCUT2D eigenvalue weighted by Gasteiger charge is 2.25. The molecule has 2 aromatic carbocycles. The topological polar surface area (TPSA) is 165 Å². The summed E-state index contributed by atoms with van der Waals surface area (Å²) in [7, 11) is -3.84. The molecule has 5 rings (SSSR count). The fourth-order valence-electron chi connectivity index (χ4n) is 4.76. The average molecular weight is 564 g/mol. The summed E-state index contributed by atoms with van der Waals surface area (Å²) in [6, 6.07) is 14.1. The van der Waals surface area contributed by atoms with Crippen LogP contribution in [-0.4, -0.2) is 36.4 Å². The molecule has 10 nitrogen and oxygen atoms in total. The Kier molecular flexibility index (Phi) is 7.55. The van der Waals surface area contributed by atoms with Crippen molar-refractivity contribution in [2.45, 2.75) is 49.6 Å². The van der Waals surface area contributed by atoms with Crippen LogP contribution in [-0.2, 0) is 10.0 Å². The molecule has 1 aliphatic carbocycles. The number of hydrogen-bond acceptors (Lipinski definition) is 8. The number of sulfonamides is 1. The van der Waals surface area contributed by atoms with Gasteiger partial charge in [-0.3, -0.25) is 14.5 Å². The van der Waals surface area contributed by atoms with Gasteiger partial charge in [-0.25, -0.2) is 17.8 Å². The van der Waals surface area contributed by atoms with Crippen LogP contribution in [0.5, 0.6) is 0 Å². The summed E-state index contributed by atoms with van der Waals surface area (Å²) in [5.41, 5.74) is 13.7. The summed E-state index contributed by atoms with van der Waals surface area (Å²) in [4.78, 5) is 21.0. The summed E-state index contributed by atoms with van der Waals surface area (Å²) in [6.45, 7) is 1.88. The van der Waals surface area contributed by atoms with E-state index in [4.69, 9.17) is 11.5 Å². The third-order valence-electron chi connectivity index (χ3n) is 6.93. The van der Waals surface area contributed by atoms with E-state index >= 15 is 0 Å². The van der Waals surface area contributed by atoms with E-state index < -0.39 is 21.7 Å². The minimum Gasteiger partial charge on any atom is -0.365 e. The molecule has 40 heavy (non-hydrogen) atoms. The first-order chi connectivity index (χ1) is 19.1. The Morgan fingerprint density at radius 3 is 2.52 bits per heavy atom. The van der Waals surface area contributed by atoms with Crippen LogP contribution in [0.1, 0.15) is 41.6 Å². The summed E-state index contributed by atoms with van der Waals surface area (Å²) in [5.74, 6) is -1.54. The van der Waals surface area contributed by atoms with Crippen molar-refractivity contribution in [3.05, 3.63) is 77.7 Å². The van der Waals surface area contributed by atoms with E-state index in [0.29, 0.717) is 22.3 Å². The van der Waals surface area contributed by atoms with Crippen molar-refractivity contribution < 1.29 is 17.6 Å². The molecule has 0 spiro atoms. The number of aromatic nitrogens is 2. The Morgan fingerprint density at radius 2 is 1.80 bits per heavy atom. The van der Waals surface area contributed by atoms with E-state index in [1.54, 1.807) is 36.4 Å². The number of primary amides is 1. The Hall–Kier alpha value is -4.29. The molecule has 0 aliphatic heterocycles. The fraction of sp³-hybridized carbons (Fsp3) is 0.250. The van der Waals surface area contributed by atoms with Crippen LogP contribution in [0.4, 0.5) is 27.4 Å². The molecule has 1 saturated carbocycles. The van der Waals surface area contributed by atoms with Crippen molar-refractivity contribution in [1.29, 1.82) is 0 Å². The molecule has 12 heteroatoms. The number of aryl methyl sites for hydroxylation is 1. The average Bonchev–Trinajstić information content (AvgIpc) is 2.91. The molecule has 0 radical (unpaired) electrons. The largest absolute Gasteiger partial charge is 0.365 e. The van der Waals surface area contributed by atoms with Crippen molar-refractivity contribution in [2.24, 2.45) is 11.5 Å². The molecule has 0 saturated heterocycles. The maximum Gasteiger partial charge on any atom is 0.261 e. The van der Waals surface area contributed by atoms with Gasteiger partial charge in [-0.1, -0.05) is 42.7 Å². The highest BCUT2D eigenvalue weighted by atomic mass is 32.2. The minimum absolute atomic E-state index is 0.0311. The van der Waals surface area contributed by atoms with Crippen LogP contribution in [0.2, 0.25) is 0 Å². The van der Waals surface area contributed by atoms with E-state index in [1.807, 2.05) is 6.92 Å². The third-order valence-corrected chi connectivity index (χ3v) is 8.31. The van der Waals surface area contributed by atoms with Crippen molar-refractivity contribution >= 4 is 49.8 Å². The van der Waals surface area contributed by atoms with E-state index in [9.17, 15) is 17.6 Å². The van der Waals surface area contributed by atoms with E-state index in [0.717, 1.165) is 37.3 Å². The van der Waals surface area contributed by atoms with Gasteiger partial charge in [-0.05, 0) is 50.1 Å². The number of hydrogen-bond donors (Lipinski definition) is 5. The van der Waals surface area contributed by atoms with Crippen LogP contribution in [0.25, 0.3) is 10.9 Å². The molecule has 2 aromatic heterocycles. The lowest BCUT2D eigenvalue weighted by Crippen LogP contribution is -2.43. The summed E-state index contributed by atoms with van der Waals surface area (Å²) >= 11 is 0. The maximum absolute atomic E-state index is 14.9. The molecule has 1 unspecified atom stereocenters. The van der Waals surface area contributed by atoms with Gasteiger partial charge < -0.3 is 22.1 Å². The lowest BCUT2D eigenvalue weighted by Gasteiger charge is -2.30. The first-order valence-electron chi connectivity index (χ1n) is 12.9. The predicted octanol–water partition coefficient (Wildman–Crippen LogP) is 4.40. The monoisotopic (exact) mass is 563 g/mol. The number of para-hydroxylation sites is 1. The van der Waals surface area contributed by atoms with Crippen LogP contribution in [0, 0.1) is 12.7 Å². The van der Waals surface area contributed by atoms with Gasteiger partial charge in [0.25, 0.3) is 15.9 Å². The second-order valence-electron chi connectivity index (χ2n) is 9.92. The van der Waals surface area contributed by atoms with Crippen LogP contribution < -0.4 is 26.8 Å². The highest BCUT2D eigenvalue weighted by molar-refractivity contribution is 7.92. The van der Waals surface area contributed by atoms with Gasteiger partial charge in [0.1, 0.15) is 5.82 Å². The number of nitrogens with two attached hydrogens (primary N) is 2. The number of carbonyl (C=O) groups excluding carboxylic acids is 1. The van der Waals surface area contributed by atoms with Gasteiger partial charge in [0.05, 0.1) is 33.5 Å². The molecular weight excluding hydrogens is 533 g/mol. The predicted molar refractivity (Wildman–Crippen MR) is 154 cm³/mol. The Labute approximate surface area is 231 Å². The van der Waals surface area contributed by atoms with Gasteiger partial charge in [0.2, 0.25) is 0 Å². The fourth-order valence-corrected chi connectivity index (χ4v) is 5.82. The summed E-state index contributed by atoms with van der Waals surface area (Å²) in [5, 5.41) is 6.71. The van der Waals surface area contributed by atoms with E-state index in [2.05, 4.69) is 25.3 Å². The number of carbonyl (C=O) groups is 1.